The van der Waals surface area contributed by atoms with Gasteiger partial charge in [0.25, 0.3) is 5.89 Å². The van der Waals surface area contributed by atoms with Gasteiger partial charge in [0.2, 0.25) is 5.82 Å². The van der Waals surface area contributed by atoms with Gasteiger partial charge in [0.05, 0.1) is 0 Å². The van der Waals surface area contributed by atoms with Crippen LogP contribution in [0.5, 0.6) is 0 Å². The molecule has 0 bridgehead atoms. The lowest BCUT2D eigenvalue weighted by Crippen LogP contribution is -3.00. The van der Waals surface area contributed by atoms with Gasteiger partial charge in [-0.1, -0.05) is 23.4 Å². The van der Waals surface area contributed by atoms with Crippen LogP contribution < -0.4 is 18.1 Å². The van der Waals surface area contributed by atoms with Crippen molar-refractivity contribution in [2.75, 3.05) is 0 Å². The first-order chi connectivity index (χ1) is 8.38. The summed E-state index contributed by atoms with van der Waals surface area (Å²) in [7, 11) is 0. The molecule has 0 unspecified atom stereocenters. The zero-order chi connectivity index (χ0) is 13.3. The van der Waals surface area contributed by atoms with Gasteiger partial charge in [-0.2, -0.15) is 4.98 Å². The number of aromatic nitrogens is 2. The predicted octanol–water partition coefficient (Wildman–Crippen LogP) is -0.478. The molecule has 0 spiro atoms. The molecule has 2 aromatic rings. The third-order valence-electron chi connectivity index (χ3n) is 2.62. The maximum absolute atomic E-state index is 9.78. The summed E-state index contributed by atoms with van der Waals surface area (Å²) >= 11 is 0. The highest BCUT2D eigenvalue weighted by Gasteiger charge is 2.24. The van der Waals surface area contributed by atoms with Crippen molar-refractivity contribution >= 4 is 12.4 Å². The van der Waals surface area contributed by atoms with E-state index in [1.54, 1.807) is 13.8 Å². The van der Waals surface area contributed by atoms with Crippen LogP contribution in [0.4, 0.5) is 0 Å². The van der Waals surface area contributed by atoms with Gasteiger partial charge in [0.15, 0.2) is 0 Å². The van der Waals surface area contributed by atoms with E-state index in [1.165, 1.54) is 0 Å². The molecule has 0 saturated carbocycles. The standard InChI is InChI=1S/C13H17N3O2.2ClH/c1-8(14)9-5-4-6-10(7-9)11-15-12(18-16-11)13(2,3)17;;/h4-8,17H,14H2,1-3H3;2*1H/t8-;;/m0../s1. The molecule has 0 saturated heterocycles. The minimum atomic E-state index is -1.13. The molecule has 1 aromatic heterocycles. The van der Waals surface area contributed by atoms with Gasteiger partial charge in [0.1, 0.15) is 5.60 Å². The molecule has 1 heterocycles. The van der Waals surface area contributed by atoms with Crippen molar-refractivity contribution in [1.82, 2.24) is 10.1 Å². The van der Waals surface area contributed by atoms with Crippen LogP contribution in [0.1, 0.15) is 39.7 Å². The lowest BCUT2D eigenvalue weighted by atomic mass is 10.1. The Hall–Kier alpha value is -1.14. The number of aliphatic hydroxyl groups is 1. The first-order valence-electron chi connectivity index (χ1n) is 5.80. The minimum absolute atomic E-state index is 0. The molecule has 1 aromatic carbocycles. The number of benzene rings is 1. The van der Waals surface area contributed by atoms with Crippen molar-refractivity contribution in [3.63, 3.8) is 0 Å². The lowest BCUT2D eigenvalue weighted by molar-refractivity contribution is -0.0000126. The summed E-state index contributed by atoms with van der Waals surface area (Å²) in [6.45, 7) is 5.11. The van der Waals surface area contributed by atoms with Crippen LogP contribution in [0.15, 0.2) is 28.8 Å². The summed E-state index contributed by atoms with van der Waals surface area (Å²) in [5.41, 5.74) is 6.52. The molecule has 0 fully saturated rings. The molecule has 7 heteroatoms. The van der Waals surface area contributed by atoms with Gasteiger partial charge in [-0.25, -0.2) is 0 Å². The molecule has 0 aliphatic rings. The zero-order valence-electron chi connectivity index (χ0n) is 12.5. The first kappa shape index (κ1) is 18.9. The molecule has 0 amide bonds. The summed E-state index contributed by atoms with van der Waals surface area (Å²) in [6.07, 6.45) is 0. The Morgan fingerprint density at radius 1 is 1.40 bits per heavy atom. The number of halogens is 2. The third-order valence-corrected chi connectivity index (χ3v) is 2.62. The summed E-state index contributed by atoms with van der Waals surface area (Å²) < 4.78 is 5.04. The molecule has 2 rings (SSSR count). The molecular weight excluding hydrogens is 301 g/mol. The van der Waals surface area contributed by atoms with E-state index in [0.29, 0.717) is 5.82 Å². The average molecular weight is 320 g/mol. The van der Waals surface area contributed by atoms with Crippen LogP contribution in [0, 0.1) is 0 Å². The van der Waals surface area contributed by atoms with E-state index < -0.39 is 5.60 Å². The number of hydrogen-bond donors (Lipinski definition) is 2. The smallest absolute Gasteiger partial charge is 1.00 e. The van der Waals surface area contributed by atoms with Gasteiger partial charge < -0.3 is 27.8 Å². The minimum Gasteiger partial charge on any atom is -1.00 e. The van der Waals surface area contributed by atoms with E-state index in [1.807, 2.05) is 31.2 Å². The van der Waals surface area contributed by atoms with Crippen molar-refractivity contribution < 1.29 is 23.5 Å². The largest absolute Gasteiger partial charge is 1.00 e. The molecule has 1 atom stereocenters. The van der Waals surface area contributed by atoms with Crippen molar-refractivity contribution in [3.8, 4) is 11.4 Å². The second-order valence-corrected chi connectivity index (χ2v) is 4.90. The topological polar surface area (TPSA) is 85.2 Å². The Balaban J connectivity index is 0. The average Bonchev–Trinajstić information content (AvgIpc) is 2.78. The van der Waals surface area contributed by atoms with Crippen LogP contribution in [-0.2, 0) is 5.60 Å². The molecule has 3 N–H and O–H groups in total. The van der Waals surface area contributed by atoms with E-state index >= 15 is 0 Å². The first-order valence-corrected chi connectivity index (χ1v) is 5.80. The summed E-state index contributed by atoms with van der Waals surface area (Å²) in [6, 6.07) is 7.60. The van der Waals surface area contributed by atoms with Gasteiger partial charge in [0, 0.05) is 11.6 Å². The molecule has 5 nitrogen and oxygen atoms in total. The van der Waals surface area contributed by atoms with Crippen molar-refractivity contribution in [1.29, 1.82) is 0 Å². The summed E-state index contributed by atoms with van der Waals surface area (Å²) in [5.74, 6) is 0.651. The number of rotatable bonds is 3. The van der Waals surface area contributed by atoms with Crippen molar-refractivity contribution in [3.05, 3.63) is 35.7 Å². The summed E-state index contributed by atoms with van der Waals surface area (Å²) in [5, 5.41) is 13.6. The van der Waals surface area contributed by atoms with Gasteiger partial charge in [-0.05, 0) is 32.4 Å². The van der Waals surface area contributed by atoms with Crippen LogP contribution >= 0.6 is 12.4 Å². The zero-order valence-corrected chi connectivity index (χ0v) is 13.1. The van der Waals surface area contributed by atoms with E-state index in [9.17, 15) is 5.11 Å². The Morgan fingerprint density at radius 3 is 2.55 bits per heavy atom. The second kappa shape index (κ2) is 7.04. The summed E-state index contributed by atoms with van der Waals surface area (Å²) in [4.78, 5) is 4.18. The van der Waals surface area contributed by atoms with Gasteiger partial charge in [-0.3, -0.25) is 0 Å². The SMILES string of the molecule is C[C@H](N)c1cccc(-c2noc(C(C)(C)O)n2)c1.Cl.[Cl-].[H+]. The van der Waals surface area contributed by atoms with Crippen LogP contribution in [-0.4, -0.2) is 15.2 Å². The van der Waals surface area contributed by atoms with Crippen LogP contribution in [0.25, 0.3) is 11.4 Å². The maximum atomic E-state index is 9.78. The molecule has 0 aliphatic carbocycles. The maximum Gasteiger partial charge on any atom is 1.00 e. The third kappa shape index (κ3) is 4.18. The monoisotopic (exact) mass is 319 g/mol. The predicted molar refractivity (Wildman–Crippen MR) is 75.9 cm³/mol. The van der Waals surface area contributed by atoms with E-state index in [-0.39, 0.29) is 38.2 Å². The van der Waals surface area contributed by atoms with Crippen molar-refractivity contribution in [2.24, 2.45) is 5.73 Å². The Morgan fingerprint density at radius 2 is 2.05 bits per heavy atom. The number of hydrogen-bond acceptors (Lipinski definition) is 5. The van der Waals surface area contributed by atoms with E-state index in [2.05, 4.69) is 10.1 Å². The fraction of sp³-hybridized carbons (Fsp3) is 0.385. The number of nitrogens with two attached hydrogens (primary N) is 1. The van der Waals surface area contributed by atoms with Gasteiger partial charge >= 0.3 is 1.43 Å². The van der Waals surface area contributed by atoms with E-state index in [0.717, 1.165) is 11.1 Å². The highest BCUT2D eigenvalue weighted by atomic mass is 35.5. The van der Waals surface area contributed by atoms with Gasteiger partial charge in [-0.15, -0.1) is 12.4 Å². The fourth-order valence-corrected chi connectivity index (χ4v) is 1.55. The molecule has 112 valence electrons. The lowest BCUT2D eigenvalue weighted by Gasteiger charge is -2.09. The van der Waals surface area contributed by atoms with Crippen LogP contribution in [0.2, 0.25) is 0 Å². The normalized spacial score (nSPS) is 12.2. The molecule has 0 radical (unpaired) electrons. The quantitative estimate of drug-likeness (QED) is 0.798. The molecule has 0 aliphatic heterocycles. The second-order valence-electron chi connectivity index (χ2n) is 4.90. The highest BCUT2D eigenvalue weighted by molar-refractivity contribution is 5.85. The Kier molecular flexibility index (Phi) is 6.64. The van der Waals surface area contributed by atoms with Crippen molar-refractivity contribution in [2.45, 2.75) is 32.4 Å². The Labute approximate surface area is 131 Å². The number of nitrogens with zero attached hydrogens (tertiary/aromatic N) is 2. The molecule has 20 heavy (non-hydrogen) atoms. The fourth-order valence-electron chi connectivity index (χ4n) is 1.55. The Bertz CT molecular complexity index is 556. The highest BCUT2D eigenvalue weighted by Crippen LogP contribution is 2.23. The van der Waals surface area contributed by atoms with E-state index in [4.69, 9.17) is 10.3 Å². The van der Waals surface area contributed by atoms with Crippen LogP contribution in [0.3, 0.4) is 0 Å². The molecular formula is C13H19Cl2N3O2.